The molecule has 0 spiro atoms. The van der Waals surface area contributed by atoms with Gasteiger partial charge in [0, 0.05) is 15.4 Å². The number of carboxylic acids is 1. The van der Waals surface area contributed by atoms with Crippen LogP contribution in [-0.2, 0) is 15.9 Å². The van der Waals surface area contributed by atoms with E-state index in [0.29, 0.717) is 22.2 Å². The summed E-state index contributed by atoms with van der Waals surface area (Å²) < 4.78 is 6.93. The summed E-state index contributed by atoms with van der Waals surface area (Å²) in [4.78, 5) is 16.6. The van der Waals surface area contributed by atoms with Gasteiger partial charge in [0.05, 0.1) is 22.4 Å². The number of nitrogens with zero attached hydrogens (tertiary/aromatic N) is 1. The van der Waals surface area contributed by atoms with Crippen LogP contribution in [0.25, 0.3) is 10.9 Å². The van der Waals surface area contributed by atoms with Gasteiger partial charge in [0.25, 0.3) is 0 Å². The average molecular weight is 350 g/mol. The molecule has 0 atom stereocenters. The lowest BCUT2D eigenvalue weighted by Gasteiger charge is -2.24. The molecule has 0 amide bonds. The van der Waals surface area contributed by atoms with Crippen molar-refractivity contribution in [2.24, 2.45) is 0 Å². The molecule has 1 N–H and O–H groups in total. The van der Waals surface area contributed by atoms with Crippen molar-refractivity contribution in [2.45, 2.75) is 38.9 Å². The molecule has 0 unspecified atom stereocenters. The van der Waals surface area contributed by atoms with Crippen molar-refractivity contribution in [1.29, 1.82) is 0 Å². The molecule has 110 valence electrons. The molecule has 1 aliphatic heterocycles. The monoisotopic (exact) mass is 349 g/mol. The normalized spacial score (nSPS) is 18.7. The van der Waals surface area contributed by atoms with Crippen molar-refractivity contribution >= 4 is 32.8 Å². The van der Waals surface area contributed by atoms with E-state index in [9.17, 15) is 9.90 Å². The molecule has 0 radical (unpaired) electrons. The first kappa shape index (κ1) is 14.5. The SMILES string of the molecule is CC1(C)OC(C)(C)c2c1nc1cc(Br)ccc1c2C(=O)O. The number of hydrogen-bond donors (Lipinski definition) is 1. The molecule has 0 saturated heterocycles. The molecule has 1 aromatic carbocycles. The zero-order valence-corrected chi connectivity index (χ0v) is 13.9. The summed E-state index contributed by atoms with van der Waals surface area (Å²) >= 11 is 3.41. The van der Waals surface area contributed by atoms with Crippen molar-refractivity contribution in [3.8, 4) is 0 Å². The first-order valence-corrected chi connectivity index (χ1v) is 7.50. The van der Waals surface area contributed by atoms with Crippen molar-refractivity contribution in [3.05, 3.63) is 39.5 Å². The Morgan fingerprint density at radius 2 is 1.90 bits per heavy atom. The molecule has 2 heterocycles. The summed E-state index contributed by atoms with van der Waals surface area (Å²) in [6, 6.07) is 5.46. The van der Waals surface area contributed by atoms with Gasteiger partial charge >= 0.3 is 5.97 Å². The van der Waals surface area contributed by atoms with Gasteiger partial charge in [-0.2, -0.15) is 0 Å². The van der Waals surface area contributed by atoms with E-state index in [1.807, 2.05) is 39.8 Å². The van der Waals surface area contributed by atoms with Gasteiger partial charge in [-0.1, -0.05) is 22.0 Å². The van der Waals surface area contributed by atoms with Crippen LogP contribution in [0.4, 0.5) is 0 Å². The summed E-state index contributed by atoms with van der Waals surface area (Å²) in [6.07, 6.45) is 0. The topological polar surface area (TPSA) is 59.4 Å². The third-order valence-electron chi connectivity index (χ3n) is 3.84. The van der Waals surface area contributed by atoms with Gasteiger partial charge in [0.1, 0.15) is 5.60 Å². The molecule has 2 aromatic rings. The Balaban J connectivity index is 2.52. The molecule has 0 bridgehead atoms. The standard InChI is InChI=1S/C16H16BrNO3/c1-15(2)12-11(14(19)20)9-6-5-8(17)7-10(9)18-13(12)16(3,4)21-15/h5-7H,1-4H3,(H,19,20). The quantitative estimate of drug-likeness (QED) is 0.838. The second kappa shape index (κ2) is 4.27. The van der Waals surface area contributed by atoms with E-state index in [1.54, 1.807) is 6.07 Å². The summed E-state index contributed by atoms with van der Waals surface area (Å²) in [7, 11) is 0. The van der Waals surface area contributed by atoms with Gasteiger partial charge in [0.15, 0.2) is 0 Å². The summed E-state index contributed by atoms with van der Waals surface area (Å²) in [5.41, 5.74) is 1.04. The lowest BCUT2D eigenvalue weighted by Crippen LogP contribution is -2.23. The number of carboxylic acid groups (broad SMARTS) is 1. The number of pyridine rings is 1. The van der Waals surface area contributed by atoms with Crippen LogP contribution in [0.1, 0.15) is 49.3 Å². The van der Waals surface area contributed by atoms with Gasteiger partial charge < -0.3 is 9.84 Å². The van der Waals surface area contributed by atoms with E-state index >= 15 is 0 Å². The number of ether oxygens (including phenoxy) is 1. The first-order chi connectivity index (χ1) is 9.63. The van der Waals surface area contributed by atoms with Crippen LogP contribution in [0.5, 0.6) is 0 Å². The fourth-order valence-electron chi connectivity index (χ4n) is 3.22. The Labute approximate surface area is 131 Å². The van der Waals surface area contributed by atoms with E-state index in [4.69, 9.17) is 4.74 Å². The van der Waals surface area contributed by atoms with Gasteiger partial charge in [-0.05, 0) is 39.8 Å². The van der Waals surface area contributed by atoms with Crippen molar-refractivity contribution < 1.29 is 14.6 Å². The number of aromatic nitrogens is 1. The maximum Gasteiger partial charge on any atom is 0.336 e. The van der Waals surface area contributed by atoms with E-state index in [0.717, 1.165) is 4.47 Å². The molecule has 0 fully saturated rings. The smallest absolute Gasteiger partial charge is 0.336 e. The Kier molecular flexibility index (Phi) is 2.94. The Morgan fingerprint density at radius 1 is 1.24 bits per heavy atom. The zero-order chi connectivity index (χ0) is 15.6. The highest BCUT2D eigenvalue weighted by Gasteiger charge is 2.47. The minimum atomic E-state index is -0.949. The second-order valence-electron chi connectivity index (χ2n) is 6.30. The molecule has 21 heavy (non-hydrogen) atoms. The maximum absolute atomic E-state index is 11.9. The van der Waals surface area contributed by atoms with Crippen LogP contribution in [-0.4, -0.2) is 16.1 Å². The Morgan fingerprint density at radius 3 is 2.52 bits per heavy atom. The number of rotatable bonds is 1. The predicted octanol–water partition coefficient (Wildman–Crippen LogP) is 4.20. The van der Waals surface area contributed by atoms with Gasteiger partial charge in [-0.25, -0.2) is 9.78 Å². The number of benzene rings is 1. The van der Waals surface area contributed by atoms with Crippen molar-refractivity contribution in [1.82, 2.24) is 4.98 Å². The highest BCUT2D eigenvalue weighted by molar-refractivity contribution is 9.10. The van der Waals surface area contributed by atoms with Crippen molar-refractivity contribution in [2.75, 3.05) is 0 Å². The van der Waals surface area contributed by atoms with Crippen LogP contribution >= 0.6 is 15.9 Å². The minimum absolute atomic E-state index is 0.290. The summed E-state index contributed by atoms with van der Waals surface area (Å²) in [5.74, 6) is -0.949. The fraction of sp³-hybridized carbons (Fsp3) is 0.375. The van der Waals surface area contributed by atoms with Crippen LogP contribution in [0.3, 0.4) is 0 Å². The molecular weight excluding hydrogens is 334 g/mol. The van der Waals surface area contributed by atoms with E-state index in [-0.39, 0.29) is 5.56 Å². The second-order valence-corrected chi connectivity index (χ2v) is 7.22. The molecule has 3 rings (SSSR count). The van der Waals surface area contributed by atoms with Crippen LogP contribution < -0.4 is 0 Å². The minimum Gasteiger partial charge on any atom is -0.478 e. The summed E-state index contributed by atoms with van der Waals surface area (Å²) in [6.45, 7) is 7.62. The van der Waals surface area contributed by atoms with Gasteiger partial charge in [0.2, 0.25) is 0 Å². The van der Waals surface area contributed by atoms with Gasteiger partial charge in [-0.3, -0.25) is 0 Å². The number of hydrogen-bond acceptors (Lipinski definition) is 3. The molecule has 0 saturated carbocycles. The molecule has 1 aromatic heterocycles. The predicted molar refractivity (Wildman–Crippen MR) is 83.5 cm³/mol. The number of aromatic carboxylic acids is 1. The number of fused-ring (bicyclic) bond motifs is 2. The summed E-state index contributed by atoms with van der Waals surface area (Å²) in [5, 5.41) is 10.4. The number of halogens is 1. The molecule has 0 aliphatic carbocycles. The maximum atomic E-state index is 11.9. The zero-order valence-electron chi connectivity index (χ0n) is 12.3. The highest BCUT2D eigenvalue weighted by atomic mass is 79.9. The average Bonchev–Trinajstić information content (AvgIpc) is 2.52. The lowest BCUT2D eigenvalue weighted by atomic mass is 9.88. The molecule has 1 aliphatic rings. The molecule has 4 nitrogen and oxygen atoms in total. The Bertz CT molecular complexity index is 781. The highest BCUT2D eigenvalue weighted by Crippen LogP contribution is 2.48. The Hall–Kier alpha value is -1.46. The lowest BCUT2D eigenvalue weighted by molar-refractivity contribution is -0.106. The first-order valence-electron chi connectivity index (χ1n) is 6.71. The third kappa shape index (κ3) is 2.07. The molecular formula is C16H16BrNO3. The van der Waals surface area contributed by atoms with E-state index in [1.165, 1.54) is 0 Å². The van der Waals surface area contributed by atoms with Crippen LogP contribution in [0.15, 0.2) is 22.7 Å². The van der Waals surface area contributed by atoms with Gasteiger partial charge in [-0.15, -0.1) is 0 Å². The fourth-order valence-corrected chi connectivity index (χ4v) is 3.57. The third-order valence-corrected chi connectivity index (χ3v) is 4.34. The van der Waals surface area contributed by atoms with Crippen LogP contribution in [0.2, 0.25) is 0 Å². The number of carbonyl (C=O) groups is 1. The van der Waals surface area contributed by atoms with E-state index < -0.39 is 17.2 Å². The van der Waals surface area contributed by atoms with Crippen molar-refractivity contribution in [3.63, 3.8) is 0 Å². The van der Waals surface area contributed by atoms with E-state index in [2.05, 4.69) is 20.9 Å². The largest absolute Gasteiger partial charge is 0.478 e. The molecule has 5 heteroatoms. The van der Waals surface area contributed by atoms with Crippen LogP contribution in [0, 0.1) is 0 Å².